The summed E-state index contributed by atoms with van der Waals surface area (Å²) < 4.78 is 0. The van der Waals surface area contributed by atoms with E-state index < -0.39 is 5.97 Å². The van der Waals surface area contributed by atoms with Crippen molar-refractivity contribution in [2.45, 2.75) is 0 Å². The zero-order chi connectivity index (χ0) is 11.5. The van der Waals surface area contributed by atoms with Crippen LogP contribution in [0.3, 0.4) is 0 Å². The minimum absolute atomic E-state index is 0.124. The minimum Gasteiger partial charge on any atom is -0.476 e. The molecule has 0 atom stereocenters. The van der Waals surface area contributed by atoms with E-state index in [0.29, 0.717) is 11.3 Å². The average Bonchev–Trinajstić information content (AvgIpc) is 2.74. The molecule has 0 amide bonds. The van der Waals surface area contributed by atoms with Gasteiger partial charge in [0.1, 0.15) is 9.88 Å². The van der Waals surface area contributed by atoms with Crippen LogP contribution in [-0.2, 0) is 0 Å². The molecule has 2 rings (SSSR count). The molecule has 5 nitrogen and oxygen atoms in total. The lowest BCUT2D eigenvalue weighted by molar-refractivity contribution is 0.0688. The first-order valence-corrected chi connectivity index (χ1v) is 5.13. The second-order valence-corrected chi connectivity index (χ2v) is 3.92. The Labute approximate surface area is 94.4 Å². The van der Waals surface area contributed by atoms with Gasteiger partial charge in [-0.05, 0) is 12.1 Å². The zero-order valence-corrected chi connectivity index (χ0v) is 8.77. The summed E-state index contributed by atoms with van der Waals surface area (Å²) in [6.07, 6.45) is 3.67. The summed E-state index contributed by atoms with van der Waals surface area (Å²) in [5, 5.41) is 9.33. The third-order valence-corrected chi connectivity index (χ3v) is 2.92. The van der Waals surface area contributed by atoms with Gasteiger partial charge in [-0.15, -0.1) is 11.3 Å². The maximum absolute atomic E-state index is 10.8. The highest BCUT2D eigenvalue weighted by Gasteiger charge is 2.17. The lowest BCUT2D eigenvalue weighted by Gasteiger charge is -1.92. The first-order chi connectivity index (χ1) is 7.72. The summed E-state index contributed by atoms with van der Waals surface area (Å²) in [6.45, 7) is 0. The predicted octanol–water partition coefficient (Wildman–Crippen LogP) is 1.72. The highest BCUT2D eigenvalue weighted by atomic mass is 32.1. The highest BCUT2D eigenvalue weighted by molar-refractivity contribution is 7.16. The summed E-state index contributed by atoms with van der Waals surface area (Å²) in [5.74, 6) is -1.20. The molecule has 0 aliphatic rings. The van der Waals surface area contributed by atoms with Crippen LogP contribution < -0.4 is 0 Å². The van der Waals surface area contributed by atoms with Crippen LogP contribution in [0.15, 0.2) is 24.5 Å². The van der Waals surface area contributed by atoms with Crippen molar-refractivity contribution in [2.24, 2.45) is 0 Å². The van der Waals surface area contributed by atoms with Crippen molar-refractivity contribution >= 4 is 23.6 Å². The van der Waals surface area contributed by atoms with E-state index in [1.165, 1.54) is 0 Å². The van der Waals surface area contributed by atoms with Crippen molar-refractivity contribution in [3.63, 3.8) is 0 Å². The lowest BCUT2D eigenvalue weighted by atomic mass is 10.3. The number of carboxylic acid groups (broad SMARTS) is 1. The molecule has 2 aromatic rings. The van der Waals surface area contributed by atoms with Gasteiger partial charge in [0.05, 0.1) is 0 Å². The van der Waals surface area contributed by atoms with Gasteiger partial charge >= 0.3 is 5.97 Å². The Bertz CT molecular complexity index is 536. The molecule has 0 aliphatic carbocycles. The van der Waals surface area contributed by atoms with Crippen molar-refractivity contribution < 1.29 is 14.7 Å². The monoisotopic (exact) mass is 234 g/mol. The van der Waals surface area contributed by atoms with Gasteiger partial charge in [-0.25, -0.2) is 9.78 Å². The second kappa shape index (κ2) is 4.19. The molecule has 0 unspecified atom stereocenters. The van der Waals surface area contributed by atoms with Gasteiger partial charge in [0.2, 0.25) is 0 Å². The Morgan fingerprint density at radius 2 is 2.06 bits per heavy atom. The van der Waals surface area contributed by atoms with Crippen LogP contribution >= 0.6 is 11.3 Å². The van der Waals surface area contributed by atoms with Gasteiger partial charge in [0, 0.05) is 18.0 Å². The van der Waals surface area contributed by atoms with Crippen molar-refractivity contribution in [3.8, 4) is 10.6 Å². The number of pyridine rings is 1. The molecule has 0 aliphatic heterocycles. The van der Waals surface area contributed by atoms with Gasteiger partial charge < -0.3 is 5.11 Å². The van der Waals surface area contributed by atoms with E-state index in [1.54, 1.807) is 24.5 Å². The molecular weight excluding hydrogens is 228 g/mol. The molecule has 0 fully saturated rings. The highest BCUT2D eigenvalue weighted by Crippen LogP contribution is 2.26. The molecule has 80 valence electrons. The molecule has 0 saturated carbocycles. The zero-order valence-electron chi connectivity index (χ0n) is 7.95. The van der Waals surface area contributed by atoms with E-state index in [9.17, 15) is 9.59 Å². The molecule has 0 radical (unpaired) electrons. The minimum atomic E-state index is -1.20. The number of carbonyl (C=O) groups is 2. The Hall–Kier alpha value is -2.08. The quantitative estimate of drug-likeness (QED) is 0.818. The number of aromatic nitrogens is 2. The Morgan fingerprint density at radius 1 is 1.38 bits per heavy atom. The van der Waals surface area contributed by atoms with Gasteiger partial charge in [-0.2, -0.15) is 0 Å². The van der Waals surface area contributed by atoms with Crippen LogP contribution in [0.2, 0.25) is 0 Å². The molecule has 2 heterocycles. The Kier molecular flexibility index (Phi) is 2.74. The number of thiazole rings is 1. The fraction of sp³-hybridized carbons (Fsp3) is 0. The van der Waals surface area contributed by atoms with Crippen molar-refractivity contribution in [1.82, 2.24) is 9.97 Å². The fourth-order valence-corrected chi connectivity index (χ4v) is 2.06. The molecule has 0 saturated heterocycles. The molecule has 0 bridgehead atoms. The summed E-state index contributed by atoms with van der Waals surface area (Å²) >= 11 is 1.05. The van der Waals surface area contributed by atoms with E-state index in [0.717, 1.165) is 16.9 Å². The number of aromatic carboxylic acids is 1. The lowest BCUT2D eigenvalue weighted by Crippen LogP contribution is -1.99. The number of carboxylic acids is 1. The SMILES string of the molecule is O=Cc1sc(-c2ccncc2)nc1C(=O)O. The normalized spacial score (nSPS) is 10.0. The summed E-state index contributed by atoms with van der Waals surface area (Å²) in [4.78, 5) is 29.4. The van der Waals surface area contributed by atoms with Crippen molar-refractivity contribution in [3.05, 3.63) is 35.1 Å². The second-order valence-electron chi connectivity index (χ2n) is 2.89. The number of hydrogen-bond acceptors (Lipinski definition) is 5. The van der Waals surface area contributed by atoms with E-state index in [1.807, 2.05) is 0 Å². The maximum Gasteiger partial charge on any atom is 0.356 e. The predicted molar refractivity (Wildman–Crippen MR) is 57.7 cm³/mol. The number of aldehydes is 1. The number of nitrogens with zero attached hydrogens (tertiary/aromatic N) is 2. The van der Waals surface area contributed by atoms with Crippen LogP contribution in [0.4, 0.5) is 0 Å². The molecule has 6 heteroatoms. The third kappa shape index (κ3) is 1.82. The fourth-order valence-electron chi connectivity index (χ4n) is 1.18. The van der Waals surface area contributed by atoms with Crippen molar-refractivity contribution in [2.75, 3.05) is 0 Å². The first kappa shape index (κ1) is 10.4. The summed E-state index contributed by atoms with van der Waals surface area (Å²) in [5.41, 5.74) is 0.544. The van der Waals surface area contributed by atoms with E-state index >= 15 is 0 Å². The van der Waals surface area contributed by atoms with Gasteiger partial charge in [0.15, 0.2) is 12.0 Å². The van der Waals surface area contributed by atoms with Crippen LogP contribution in [0.1, 0.15) is 20.2 Å². The number of hydrogen-bond donors (Lipinski definition) is 1. The van der Waals surface area contributed by atoms with Crippen LogP contribution in [0.25, 0.3) is 10.6 Å². The van der Waals surface area contributed by atoms with Gasteiger partial charge in [-0.3, -0.25) is 9.78 Å². The van der Waals surface area contributed by atoms with E-state index in [-0.39, 0.29) is 10.6 Å². The summed E-state index contributed by atoms with van der Waals surface area (Å²) in [6, 6.07) is 3.41. The molecule has 16 heavy (non-hydrogen) atoms. The Balaban J connectivity index is 2.52. The van der Waals surface area contributed by atoms with Gasteiger partial charge in [0.25, 0.3) is 0 Å². The third-order valence-electron chi connectivity index (χ3n) is 1.89. The Morgan fingerprint density at radius 3 is 2.56 bits per heavy atom. The van der Waals surface area contributed by atoms with Gasteiger partial charge in [-0.1, -0.05) is 0 Å². The van der Waals surface area contributed by atoms with E-state index in [2.05, 4.69) is 9.97 Å². The molecule has 2 aromatic heterocycles. The van der Waals surface area contributed by atoms with Crippen molar-refractivity contribution in [1.29, 1.82) is 0 Å². The molecule has 0 spiro atoms. The summed E-state index contributed by atoms with van der Waals surface area (Å²) in [7, 11) is 0. The number of rotatable bonds is 3. The first-order valence-electron chi connectivity index (χ1n) is 4.32. The van der Waals surface area contributed by atoms with E-state index in [4.69, 9.17) is 5.11 Å². The largest absolute Gasteiger partial charge is 0.476 e. The standard InChI is InChI=1S/C10H6N2O3S/c13-5-7-8(10(14)15)12-9(16-7)6-1-3-11-4-2-6/h1-5H,(H,14,15). The molecule has 0 aromatic carbocycles. The topological polar surface area (TPSA) is 80.2 Å². The maximum atomic E-state index is 10.8. The van der Waals surface area contributed by atoms with Crippen LogP contribution in [-0.4, -0.2) is 27.3 Å². The van der Waals surface area contributed by atoms with Crippen LogP contribution in [0, 0.1) is 0 Å². The number of carbonyl (C=O) groups excluding carboxylic acids is 1. The van der Waals surface area contributed by atoms with Crippen LogP contribution in [0.5, 0.6) is 0 Å². The molecular formula is C10H6N2O3S. The molecule has 1 N–H and O–H groups in total. The smallest absolute Gasteiger partial charge is 0.356 e. The average molecular weight is 234 g/mol.